The van der Waals surface area contributed by atoms with Gasteiger partial charge in [0.15, 0.2) is 10.3 Å². The molecule has 2 unspecified atom stereocenters. The summed E-state index contributed by atoms with van der Waals surface area (Å²) in [7, 11) is 0. The summed E-state index contributed by atoms with van der Waals surface area (Å²) in [6.07, 6.45) is 3.84. The molecule has 0 bridgehead atoms. The highest BCUT2D eigenvalue weighted by Crippen LogP contribution is 2.46. The fraction of sp³-hybridized carbons (Fsp3) is 0.727. The molecule has 17 heavy (non-hydrogen) atoms. The molecule has 0 spiro atoms. The monoisotopic (exact) mass is 257 g/mol. The van der Waals surface area contributed by atoms with Crippen molar-refractivity contribution >= 4 is 16.9 Å². The number of hydrazone groups is 1. The third-order valence-corrected chi connectivity index (χ3v) is 3.91. The number of rotatable bonds is 4. The van der Waals surface area contributed by atoms with Crippen molar-refractivity contribution in [1.29, 1.82) is 0 Å². The van der Waals surface area contributed by atoms with Crippen LogP contribution in [0.4, 0.5) is 0 Å². The molecule has 2 aliphatic rings. The summed E-state index contributed by atoms with van der Waals surface area (Å²) >= 11 is 1.14. The summed E-state index contributed by atoms with van der Waals surface area (Å²) in [6, 6.07) is 0. The van der Waals surface area contributed by atoms with Gasteiger partial charge >= 0.3 is 0 Å². The summed E-state index contributed by atoms with van der Waals surface area (Å²) < 4.78 is 11.2. The third-order valence-electron chi connectivity index (χ3n) is 3.25. The molecule has 0 aromatic carbocycles. The molecule has 2 rings (SSSR count). The molecular weight excluding hydrogens is 238 g/mol. The van der Waals surface area contributed by atoms with Gasteiger partial charge < -0.3 is 21.1 Å². The van der Waals surface area contributed by atoms with Crippen molar-refractivity contribution in [1.82, 2.24) is 0 Å². The van der Waals surface area contributed by atoms with Gasteiger partial charge in [0.25, 0.3) is 0 Å². The number of nitrogens with zero attached hydrogens (tertiary/aromatic N) is 1. The zero-order valence-corrected chi connectivity index (χ0v) is 10.6. The van der Waals surface area contributed by atoms with Crippen molar-refractivity contribution in [2.24, 2.45) is 28.5 Å². The van der Waals surface area contributed by atoms with Gasteiger partial charge in [0, 0.05) is 6.61 Å². The van der Waals surface area contributed by atoms with Crippen LogP contribution in [0.25, 0.3) is 0 Å². The van der Waals surface area contributed by atoms with Gasteiger partial charge in [-0.3, -0.25) is 0 Å². The van der Waals surface area contributed by atoms with Crippen molar-refractivity contribution < 1.29 is 9.47 Å². The Kier molecular flexibility index (Phi) is 4.17. The highest BCUT2D eigenvalue weighted by Gasteiger charge is 2.40. The van der Waals surface area contributed by atoms with E-state index in [2.05, 4.69) is 11.7 Å². The molecule has 0 aromatic rings. The fourth-order valence-electron chi connectivity index (χ4n) is 2.22. The van der Waals surface area contributed by atoms with E-state index in [0.29, 0.717) is 11.7 Å². The van der Waals surface area contributed by atoms with E-state index >= 15 is 0 Å². The zero-order chi connectivity index (χ0) is 12.3. The molecule has 2 fully saturated rings. The van der Waals surface area contributed by atoms with Gasteiger partial charge in [-0.05, 0) is 49.4 Å². The summed E-state index contributed by atoms with van der Waals surface area (Å²) in [5.41, 5.74) is 5.45. The average molecular weight is 257 g/mol. The molecule has 1 aliphatic heterocycles. The quantitative estimate of drug-likeness (QED) is 0.260. The first-order valence-electron chi connectivity index (χ1n) is 5.83. The van der Waals surface area contributed by atoms with E-state index in [1.807, 2.05) is 0 Å². The lowest BCUT2D eigenvalue weighted by molar-refractivity contribution is 0.00559. The topological polar surface area (TPSA) is 82.9 Å². The average Bonchev–Trinajstić information content (AvgIpc) is 3.03. The van der Waals surface area contributed by atoms with Gasteiger partial charge in [-0.25, -0.2) is 0 Å². The first-order valence-corrected chi connectivity index (χ1v) is 6.65. The number of ether oxygens (including phenoxy) is 2. The largest absolute Gasteiger partial charge is 0.485 e. The molecule has 0 aromatic heterocycles. The predicted molar refractivity (Wildman–Crippen MR) is 69.1 cm³/mol. The van der Waals surface area contributed by atoms with Crippen LogP contribution >= 0.6 is 11.8 Å². The fourth-order valence-corrected chi connectivity index (χ4v) is 2.63. The summed E-state index contributed by atoms with van der Waals surface area (Å²) in [6.45, 7) is 5.13. The van der Waals surface area contributed by atoms with E-state index in [1.165, 1.54) is 12.8 Å². The minimum absolute atomic E-state index is 0.181. The van der Waals surface area contributed by atoms with Gasteiger partial charge in [0.1, 0.15) is 6.61 Å². The number of hydrogen-bond acceptors (Lipinski definition) is 5. The van der Waals surface area contributed by atoms with Crippen LogP contribution in [0.5, 0.6) is 0 Å². The third kappa shape index (κ3) is 3.81. The van der Waals surface area contributed by atoms with E-state index in [4.69, 9.17) is 21.1 Å². The predicted octanol–water partition coefficient (Wildman–Crippen LogP) is 1.21. The second-order valence-corrected chi connectivity index (χ2v) is 5.60. The van der Waals surface area contributed by atoms with E-state index < -0.39 is 0 Å². The van der Waals surface area contributed by atoms with Crippen LogP contribution in [0, 0.1) is 11.8 Å². The van der Waals surface area contributed by atoms with E-state index in [0.717, 1.165) is 36.6 Å². The Balaban J connectivity index is 1.68. The van der Waals surface area contributed by atoms with E-state index in [1.54, 1.807) is 0 Å². The Labute approximate surface area is 106 Å². The highest BCUT2D eigenvalue weighted by atomic mass is 32.2. The van der Waals surface area contributed by atoms with Gasteiger partial charge in [0.05, 0.1) is 6.10 Å². The summed E-state index contributed by atoms with van der Waals surface area (Å²) in [4.78, 5) is 0. The first-order chi connectivity index (χ1) is 8.19. The van der Waals surface area contributed by atoms with Crippen LogP contribution in [0.3, 0.4) is 0 Å². The van der Waals surface area contributed by atoms with Crippen LogP contribution in [0.2, 0.25) is 0 Å². The van der Waals surface area contributed by atoms with Gasteiger partial charge in [-0.15, -0.1) is 0 Å². The van der Waals surface area contributed by atoms with Crippen LogP contribution in [-0.2, 0) is 9.47 Å². The zero-order valence-electron chi connectivity index (χ0n) is 9.80. The molecule has 1 saturated heterocycles. The van der Waals surface area contributed by atoms with Gasteiger partial charge in [-0.2, -0.15) is 5.10 Å². The first kappa shape index (κ1) is 12.6. The standard InChI is InChI=1S/C11H19N3O2S/c1-7(17-11(12)14-13)16-6-10-5-9-4-8(9)2-3-15-10/h8-10H,1-6,13H2,(H2,12,14)/t8?,9?,10-/m0/s1. The molecule has 0 radical (unpaired) electrons. The maximum atomic E-state index is 5.72. The molecule has 1 saturated carbocycles. The Bertz CT molecular complexity index is 322. The summed E-state index contributed by atoms with van der Waals surface area (Å²) in [5.74, 6) is 6.77. The molecular formula is C11H19N3O2S. The number of fused-ring (bicyclic) bond motifs is 1. The lowest BCUT2D eigenvalue weighted by Crippen LogP contribution is -2.20. The Hall–Kier alpha value is -0.880. The molecule has 6 heteroatoms. The van der Waals surface area contributed by atoms with Gasteiger partial charge in [0.2, 0.25) is 0 Å². The lowest BCUT2D eigenvalue weighted by atomic mass is 10.1. The Morgan fingerprint density at radius 3 is 3.06 bits per heavy atom. The van der Waals surface area contributed by atoms with Crippen molar-refractivity contribution in [2.45, 2.75) is 25.4 Å². The Morgan fingerprint density at radius 1 is 1.47 bits per heavy atom. The second-order valence-electron chi connectivity index (χ2n) is 4.53. The molecule has 96 valence electrons. The molecule has 4 N–H and O–H groups in total. The minimum atomic E-state index is 0.181. The van der Waals surface area contributed by atoms with Crippen molar-refractivity contribution in [3.63, 3.8) is 0 Å². The maximum Gasteiger partial charge on any atom is 0.185 e. The van der Waals surface area contributed by atoms with Crippen molar-refractivity contribution in [2.75, 3.05) is 13.2 Å². The normalized spacial score (nSPS) is 32.5. The van der Waals surface area contributed by atoms with Crippen molar-refractivity contribution in [3.8, 4) is 0 Å². The summed E-state index contributed by atoms with van der Waals surface area (Å²) in [5, 5.41) is 4.10. The number of thioether (sulfide) groups is 1. The SMILES string of the molecule is C=C(OC[C@@H]1CC2CC2CCO1)S/C(N)=N\N. The number of nitrogens with two attached hydrogens (primary N) is 2. The number of amidine groups is 1. The lowest BCUT2D eigenvalue weighted by Gasteiger charge is -2.17. The van der Waals surface area contributed by atoms with Crippen LogP contribution in [0.15, 0.2) is 16.8 Å². The molecule has 1 heterocycles. The number of hydrogen-bond donors (Lipinski definition) is 2. The van der Waals surface area contributed by atoms with E-state index in [9.17, 15) is 0 Å². The molecule has 1 aliphatic carbocycles. The minimum Gasteiger partial charge on any atom is -0.485 e. The highest BCUT2D eigenvalue weighted by molar-refractivity contribution is 8.16. The maximum absolute atomic E-state index is 5.72. The van der Waals surface area contributed by atoms with Crippen molar-refractivity contribution in [3.05, 3.63) is 11.7 Å². The van der Waals surface area contributed by atoms with Crippen LogP contribution in [0.1, 0.15) is 19.3 Å². The molecule has 3 atom stereocenters. The van der Waals surface area contributed by atoms with Gasteiger partial charge in [-0.1, -0.05) is 0 Å². The molecule has 5 nitrogen and oxygen atoms in total. The van der Waals surface area contributed by atoms with Crippen LogP contribution in [-0.4, -0.2) is 24.5 Å². The second kappa shape index (κ2) is 5.64. The Morgan fingerprint density at radius 2 is 2.29 bits per heavy atom. The molecule has 0 amide bonds. The smallest absolute Gasteiger partial charge is 0.185 e. The van der Waals surface area contributed by atoms with E-state index in [-0.39, 0.29) is 11.3 Å². The van der Waals surface area contributed by atoms with Crippen LogP contribution < -0.4 is 11.6 Å².